The number of aromatic carboxylic acids is 1. The van der Waals surface area contributed by atoms with Crippen LogP contribution in [0.4, 0.5) is 0 Å². The molecule has 0 bridgehead atoms. The Kier molecular flexibility index (Phi) is 7.26. The number of carbonyl (C=O) groups is 1. The number of hydrogen-bond acceptors (Lipinski definition) is 3. The van der Waals surface area contributed by atoms with Crippen LogP contribution in [0.2, 0.25) is 0 Å². The van der Waals surface area contributed by atoms with E-state index in [1.165, 1.54) is 16.7 Å². The second-order valence-electron chi connectivity index (χ2n) is 8.74. The van der Waals surface area contributed by atoms with Crippen molar-refractivity contribution < 1.29 is 15.1 Å². The molecule has 0 heterocycles. The maximum absolute atomic E-state index is 11.0. The summed E-state index contributed by atoms with van der Waals surface area (Å²) in [6, 6.07) is 15.1. The van der Waals surface area contributed by atoms with E-state index >= 15 is 0 Å². The van der Waals surface area contributed by atoms with Gasteiger partial charge in [-0.1, -0.05) is 91.3 Å². The average molecular weight is 428 g/mol. The third-order valence-electron chi connectivity index (χ3n) is 5.47. The third-order valence-corrected chi connectivity index (χ3v) is 5.47. The number of nitrogens with zero attached hydrogens (tertiary/aromatic N) is 1. The van der Waals surface area contributed by atoms with Crippen LogP contribution < -0.4 is 0 Å². The molecule has 0 radical (unpaired) electrons. The van der Waals surface area contributed by atoms with Crippen molar-refractivity contribution in [1.82, 2.24) is 0 Å². The Balaban J connectivity index is 1.83. The zero-order chi connectivity index (χ0) is 23.1. The van der Waals surface area contributed by atoms with E-state index in [1.54, 1.807) is 30.3 Å². The predicted molar refractivity (Wildman–Crippen MR) is 131 cm³/mol. The van der Waals surface area contributed by atoms with E-state index in [4.69, 9.17) is 5.11 Å². The van der Waals surface area contributed by atoms with Crippen LogP contribution in [-0.2, 0) is 0 Å². The number of benzene rings is 2. The Labute approximate surface area is 189 Å². The molecule has 0 atom stereocenters. The van der Waals surface area contributed by atoms with E-state index in [-0.39, 0.29) is 11.0 Å². The van der Waals surface area contributed by atoms with E-state index in [9.17, 15) is 10.0 Å². The van der Waals surface area contributed by atoms with E-state index < -0.39 is 5.97 Å². The normalized spacial score (nSPS) is 20.9. The van der Waals surface area contributed by atoms with Crippen molar-refractivity contribution >= 4 is 23.3 Å². The van der Waals surface area contributed by atoms with Crippen LogP contribution in [0.15, 0.2) is 89.6 Å². The molecule has 3 rings (SSSR count). The first-order valence-corrected chi connectivity index (χ1v) is 10.7. The summed E-state index contributed by atoms with van der Waals surface area (Å²) in [5.74, 6) is -0.958. The molecule has 0 unspecified atom stereocenters. The van der Waals surface area contributed by atoms with Crippen molar-refractivity contribution in [2.24, 2.45) is 10.6 Å². The summed E-state index contributed by atoms with van der Waals surface area (Å²) in [6.45, 7) is 6.50. The number of carboxylic acids is 1. The molecule has 0 fully saturated rings. The van der Waals surface area contributed by atoms with Crippen molar-refractivity contribution in [2.45, 2.75) is 33.6 Å². The molecule has 0 saturated carbocycles. The number of oxime groups is 1. The highest BCUT2D eigenvalue weighted by atomic mass is 16.4. The molecule has 32 heavy (non-hydrogen) atoms. The molecule has 4 heteroatoms. The Morgan fingerprint density at radius 1 is 1.06 bits per heavy atom. The fraction of sp³-hybridized carbons (Fsp3) is 0.214. The summed E-state index contributed by atoms with van der Waals surface area (Å²) in [5, 5.41) is 22.2. The lowest BCUT2D eigenvalue weighted by molar-refractivity contribution is 0.0697. The number of allylic oxidation sites excluding steroid dienone is 7. The van der Waals surface area contributed by atoms with Crippen LogP contribution >= 0.6 is 0 Å². The molecule has 2 aromatic carbocycles. The molecule has 0 amide bonds. The summed E-state index contributed by atoms with van der Waals surface area (Å²) < 4.78 is 0. The Morgan fingerprint density at radius 3 is 2.38 bits per heavy atom. The number of rotatable bonds is 5. The van der Waals surface area contributed by atoms with E-state index in [0.29, 0.717) is 5.71 Å². The molecule has 2 aromatic rings. The highest BCUT2D eigenvalue weighted by Gasteiger charge is 2.17. The minimum atomic E-state index is -0.958. The van der Waals surface area contributed by atoms with Gasteiger partial charge >= 0.3 is 5.97 Å². The van der Waals surface area contributed by atoms with Crippen LogP contribution in [0, 0.1) is 12.3 Å². The van der Waals surface area contributed by atoms with Gasteiger partial charge in [-0.15, -0.1) is 0 Å². The maximum atomic E-state index is 11.0. The molecule has 0 aromatic heterocycles. The topological polar surface area (TPSA) is 69.9 Å². The summed E-state index contributed by atoms with van der Waals surface area (Å²) in [7, 11) is 0. The fourth-order valence-electron chi connectivity index (χ4n) is 3.60. The first-order valence-electron chi connectivity index (χ1n) is 10.7. The Morgan fingerprint density at radius 2 is 1.75 bits per heavy atom. The maximum Gasteiger partial charge on any atom is 0.335 e. The van der Waals surface area contributed by atoms with Crippen molar-refractivity contribution in [3.05, 3.63) is 107 Å². The van der Waals surface area contributed by atoms with Gasteiger partial charge in [-0.05, 0) is 65.7 Å². The van der Waals surface area contributed by atoms with Crippen LogP contribution in [0.25, 0.3) is 11.6 Å². The minimum Gasteiger partial charge on any atom is -0.478 e. The molecule has 164 valence electrons. The number of hydrogen-bond donors (Lipinski definition) is 2. The van der Waals surface area contributed by atoms with Crippen LogP contribution in [-0.4, -0.2) is 22.0 Å². The van der Waals surface area contributed by atoms with Crippen molar-refractivity contribution in [3.8, 4) is 0 Å². The summed E-state index contributed by atoms with van der Waals surface area (Å²) >= 11 is 0. The van der Waals surface area contributed by atoms with Gasteiger partial charge in [0.2, 0.25) is 0 Å². The fourth-order valence-corrected chi connectivity index (χ4v) is 3.60. The molecular weight excluding hydrogens is 398 g/mol. The molecule has 0 saturated heterocycles. The molecular formula is C28H29NO3. The SMILES string of the molecule is Cc1ccc(/C2=C/C(C)(C)C/C=C(C(/C=C/c3ccc(C(=O)O)cc3)=N/O)\C=C/C2)cc1. The second kappa shape index (κ2) is 10.1. The van der Waals surface area contributed by atoms with Crippen LogP contribution in [0.1, 0.15) is 53.7 Å². The van der Waals surface area contributed by atoms with Gasteiger partial charge in [-0.2, -0.15) is 0 Å². The Hall–Kier alpha value is -3.66. The molecule has 0 spiro atoms. The first kappa shape index (κ1) is 23.0. The van der Waals surface area contributed by atoms with E-state index in [0.717, 1.165) is 24.0 Å². The largest absolute Gasteiger partial charge is 0.478 e. The Bertz CT molecular complexity index is 1110. The quantitative estimate of drug-likeness (QED) is 0.309. The molecule has 2 N–H and O–H groups in total. The van der Waals surface area contributed by atoms with Crippen LogP contribution in [0.5, 0.6) is 0 Å². The van der Waals surface area contributed by atoms with Crippen molar-refractivity contribution in [3.63, 3.8) is 0 Å². The van der Waals surface area contributed by atoms with Gasteiger partial charge in [0.05, 0.1) is 5.56 Å². The summed E-state index contributed by atoms with van der Waals surface area (Å²) in [4.78, 5) is 11.0. The highest BCUT2D eigenvalue weighted by molar-refractivity contribution is 6.12. The van der Waals surface area contributed by atoms with E-state index in [2.05, 4.69) is 68.4 Å². The molecule has 1 aliphatic carbocycles. The summed E-state index contributed by atoms with van der Waals surface area (Å²) in [5.41, 5.74) is 6.04. The lowest BCUT2D eigenvalue weighted by atomic mass is 9.84. The molecule has 1 aliphatic rings. The van der Waals surface area contributed by atoms with Gasteiger partial charge in [0, 0.05) is 0 Å². The van der Waals surface area contributed by atoms with Gasteiger partial charge in [-0.3, -0.25) is 0 Å². The first-order chi connectivity index (χ1) is 15.3. The van der Waals surface area contributed by atoms with Gasteiger partial charge < -0.3 is 10.3 Å². The standard InChI is InChI=1S/C28H29NO3/c1-20-7-12-22(13-8-20)25-6-4-5-23(17-18-28(2,3)19-25)26(29-32)16-11-21-9-14-24(15-10-21)27(30)31/h4-5,7-17,19,32H,6,18H2,1-3H3,(H,30,31)/b5-4-,16-11+,23-17+,25-19+,29-26+. The lowest BCUT2D eigenvalue weighted by Crippen LogP contribution is -2.08. The third kappa shape index (κ3) is 6.17. The summed E-state index contributed by atoms with van der Waals surface area (Å²) in [6.07, 6.45) is 13.6. The zero-order valence-electron chi connectivity index (χ0n) is 18.7. The monoisotopic (exact) mass is 427 g/mol. The van der Waals surface area contributed by atoms with Crippen molar-refractivity contribution in [2.75, 3.05) is 0 Å². The molecule has 4 nitrogen and oxygen atoms in total. The lowest BCUT2D eigenvalue weighted by Gasteiger charge is -2.20. The smallest absolute Gasteiger partial charge is 0.335 e. The van der Waals surface area contributed by atoms with E-state index in [1.807, 2.05) is 12.2 Å². The average Bonchev–Trinajstić information content (AvgIpc) is 2.84. The second-order valence-corrected chi connectivity index (χ2v) is 8.74. The van der Waals surface area contributed by atoms with Gasteiger partial charge in [0.15, 0.2) is 0 Å². The van der Waals surface area contributed by atoms with Gasteiger partial charge in [0.25, 0.3) is 0 Å². The minimum absolute atomic E-state index is 0.0611. The highest BCUT2D eigenvalue weighted by Crippen LogP contribution is 2.32. The number of carboxylic acid groups (broad SMARTS) is 1. The predicted octanol–water partition coefficient (Wildman–Crippen LogP) is 6.92. The zero-order valence-corrected chi connectivity index (χ0v) is 18.7. The van der Waals surface area contributed by atoms with Gasteiger partial charge in [-0.25, -0.2) is 4.79 Å². The van der Waals surface area contributed by atoms with Gasteiger partial charge in [0.1, 0.15) is 5.71 Å². The molecule has 0 aliphatic heterocycles. The number of aryl methyl sites for hydroxylation is 1. The van der Waals surface area contributed by atoms with Crippen molar-refractivity contribution in [1.29, 1.82) is 0 Å². The van der Waals surface area contributed by atoms with Crippen LogP contribution in [0.3, 0.4) is 0 Å².